The molecule has 92 valence electrons. The summed E-state index contributed by atoms with van der Waals surface area (Å²) < 4.78 is 0. The van der Waals surface area contributed by atoms with Crippen molar-refractivity contribution in [3.8, 4) is 0 Å². The van der Waals surface area contributed by atoms with Crippen molar-refractivity contribution in [2.75, 3.05) is 6.54 Å². The molecular weight excluding hydrogens is 224 g/mol. The molecule has 0 aliphatic carbocycles. The normalized spacial score (nSPS) is 26.1. The SMILES string of the molecule is CC(=O)NNC(=O)[C@@H]1C(C)=C[C@@H]2CN1C(=O)N2. The van der Waals surface area contributed by atoms with Gasteiger partial charge in [0.25, 0.3) is 5.91 Å². The van der Waals surface area contributed by atoms with Crippen molar-refractivity contribution in [1.82, 2.24) is 21.1 Å². The largest absolute Gasteiger partial charge is 0.330 e. The molecule has 1 fully saturated rings. The number of hydrazine groups is 1. The van der Waals surface area contributed by atoms with Crippen molar-refractivity contribution in [3.63, 3.8) is 0 Å². The van der Waals surface area contributed by atoms with E-state index in [2.05, 4.69) is 16.2 Å². The maximum absolute atomic E-state index is 11.9. The Balaban J connectivity index is 2.11. The Bertz CT molecular complexity index is 418. The Morgan fingerprint density at radius 1 is 1.47 bits per heavy atom. The molecule has 0 aromatic rings. The molecule has 0 spiro atoms. The van der Waals surface area contributed by atoms with Gasteiger partial charge in [-0.15, -0.1) is 0 Å². The average molecular weight is 238 g/mol. The van der Waals surface area contributed by atoms with Crippen LogP contribution >= 0.6 is 0 Å². The van der Waals surface area contributed by atoms with Crippen LogP contribution in [0.3, 0.4) is 0 Å². The van der Waals surface area contributed by atoms with Gasteiger partial charge >= 0.3 is 6.03 Å². The van der Waals surface area contributed by atoms with Crippen LogP contribution in [0, 0.1) is 0 Å². The predicted molar refractivity (Wildman–Crippen MR) is 58.5 cm³/mol. The molecule has 0 saturated carbocycles. The first-order valence-electron chi connectivity index (χ1n) is 5.31. The molecule has 0 unspecified atom stereocenters. The van der Waals surface area contributed by atoms with Gasteiger partial charge in [-0.3, -0.25) is 20.4 Å². The third kappa shape index (κ3) is 2.08. The predicted octanol–water partition coefficient (Wildman–Crippen LogP) is -1.12. The number of rotatable bonds is 1. The third-order valence-electron chi connectivity index (χ3n) is 2.78. The van der Waals surface area contributed by atoms with E-state index in [1.165, 1.54) is 11.8 Å². The van der Waals surface area contributed by atoms with Gasteiger partial charge in [-0.2, -0.15) is 0 Å². The average Bonchev–Trinajstić information content (AvgIpc) is 2.52. The molecule has 7 nitrogen and oxygen atoms in total. The fraction of sp³-hybridized carbons (Fsp3) is 0.500. The van der Waals surface area contributed by atoms with E-state index in [0.717, 1.165) is 5.57 Å². The number of nitrogens with one attached hydrogen (secondary N) is 3. The van der Waals surface area contributed by atoms with Crippen molar-refractivity contribution in [2.45, 2.75) is 25.9 Å². The first-order chi connectivity index (χ1) is 7.99. The monoisotopic (exact) mass is 238 g/mol. The summed E-state index contributed by atoms with van der Waals surface area (Å²) >= 11 is 0. The smallest absolute Gasteiger partial charge is 0.318 e. The van der Waals surface area contributed by atoms with E-state index in [4.69, 9.17) is 0 Å². The fourth-order valence-electron chi connectivity index (χ4n) is 2.12. The van der Waals surface area contributed by atoms with Crippen LogP contribution in [-0.2, 0) is 9.59 Å². The fourth-order valence-corrected chi connectivity index (χ4v) is 2.12. The van der Waals surface area contributed by atoms with Gasteiger partial charge < -0.3 is 10.2 Å². The van der Waals surface area contributed by atoms with E-state index in [1.54, 1.807) is 6.92 Å². The van der Waals surface area contributed by atoms with Gasteiger partial charge in [-0.25, -0.2) is 4.79 Å². The summed E-state index contributed by atoms with van der Waals surface area (Å²) in [7, 11) is 0. The van der Waals surface area contributed by atoms with Crippen LogP contribution in [0.15, 0.2) is 11.6 Å². The topological polar surface area (TPSA) is 90.5 Å². The molecule has 7 heteroatoms. The van der Waals surface area contributed by atoms with E-state index in [-0.39, 0.29) is 18.0 Å². The molecule has 4 amide bonds. The second-order valence-corrected chi connectivity index (χ2v) is 4.19. The zero-order valence-corrected chi connectivity index (χ0v) is 9.61. The van der Waals surface area contributed by atoms with Gasteiger partial charge in [-0.05, 0) is 12.5 Å². The molecule has 0 aromatic carbocycles. The standard InChI is InChI=1S/C10H14N4O3/c1-5-3-7-4-14(10(17)11-7)8(5)9(16)13-12-6(2)15/h3,7-8H,4H2,1-2H3,(H,11,17)(H,12,15)(H,13,16)/t7-,8+/m1/s1. The van der Waals surface area contributed by atoms with Crippen LogP contribution in [0.2, 0.25) is 0 Å². The van der Waals surface area contributed by atoms with Gasteiger partial charge in [0.2, 0.25) is 5.91 Å². The zero-order chi connectivity index (χ0) is 12.6. The van der Waals surface area contributed by atoms with Crippen molar-refractivity contribution in [3.05, 3.63) is 11.6 Å². The Hall–Kier alpha value is -2.05. The van der Waals surface area contributed by atoms with Crippen molar-refractivity contribution in [2.24, 2.45) is 0 Å². The van der Waals surface area contributed by atoms with Crippen molar-refractivity contribution >= 4 is 17.8 Å². The highest BCUT2D eigenvalue weighted by Gasteiger charge is 2.41. The van der Waals surface area contributed by atoms with Gasteiger partial charge in [0.05, 0.1) is 6.04 Å². The highest BCUT2D eigenvalue weighted by atomic mass is 16.2. The quantitative estimate of drug-likeness (QED) is 0.399. The summed E-state index contributed by atoms with van der Waals surface area (Å²) in [5, 5.41) is 2.74. The maximum Gasteiger partial charge on any atom is 0.318 e. The number of urea groups is 1. The third-order valence-corrected chi connectivity index (χ3v) is 2.78. The van der Waals surface area contributed by atoms with Crippen LogP contribution in [-0.4, -0.2) is 41.4 Å². The Kier molecular flexibility index (Phi) is 2.74. The molecule has 1 saturated heterocycles. The van der Waals surface area contributed by atoms with E-state index in [0.29, 0.717) is 6.54 Å². The highest BCUT2D eigenvalue weighted by molar-refractivity contribution is 5.92. The lowest BCUT2D eigenvalue weighted by Gasteiger charge is -2.29. The Morgan fingerprint density at radius 3 is 2.82 bits per heavy atom. The molecule has 0 aromatic heterocycles. The minimum atomic E-state index is -0.652. The second kappa shape index (κ2) is 4.08. The molecule has 2 rings (SSSR count). The Labute approximate surface area is 98.2 Å². The number of hydrogen-bond acceptors (Lipinski definition) is 3. The number of carbonyl (C=O) groups is 3. The zero-order valence-electron chi connectivity index (χ0n) is 9.61. The van der Waals surface area contributed by atoms with Gasteiger partial charge in [0.1, 0.15) is 6.04 Å². The number of nitrogens with zero attached hydrogens (tertiary/aromatic N) is 1. The molecule has 2 atom stereocenters. The van der Waals surface area contributed by atoms with E-state index in [1.807, 2.05) is 6.08 Å². The minimum absolute atomic E-state index is 0.0210. The first kappa shape index (κ1) is 11.4. The summed E-state index contributed by atoms with van der Waals surface area (Å²) in [6, 6.07) is -0.931. The van der Waals surface area contributed by atoms with Gasteiger partial charge in [0, 0.05) is 13.5 Å². The van der Waals surface area contributed by atoms with Gasteiger partial charge in [-0.1, -0.05) is 6.08 Å². The molecule has 2 bridgehead atoms. The van der Waals surface area contributed by atoms with Crippen molar-refractivity contribution in [1.29, 1.82) is 0 Å². The summed E-state index contributed by atoms with van der Waals surface area (Å²) in [5.41, 5.74) is 5.29. The van der Waals surface area contributed by atoms with Crippen LogP contribution in [0.5, 0.6) is 0 Å². The lowest BCUT2D eigenvalue weighted by molar-refractivity contribution is -0.129. The number of amides is 4. The van der Waals surface area contributed by atoms with Crippen LogP contribution in [0.25, 0.3) is 0 Å². The summed E-state index contributed by atoms with van der Waals surface area (Å²) in [5.74, 6) is -0.774. The first-order valence-corrected chi connectivity index (χ1v) is 5.31. The summed E-state index contributed by atoms with van der Waals surface area (Å²) in [4.78, 5) is 35.6. The second-order valence-electron chi connectivity index (χ2n) is 4.19. The molecular formula is C10H14N4O3. The van der Waals surface area contributed by atoms with E-state index >= 15 is 0 Å². The molecule has 0 radical (unpaired) electrons. The van der Waals surface area contributed by atoms with Crippen molar-refractivity contribution < 1.29 is 14.4 Å². The number of fused-ring (bicyclic) bond motifs is 2. The Morgan fingerprint density at radius 2 is 2.18 bits per heavy atom. The molecule has 2 heterocycles. The highest BCUT2D eigenvalue weighted by Crippen LogP contribution is 2.22. The molecule has 2 aliphatic rings. The molecule has 17 heavy (non-hydrogen) atoms. The van der Waals surface area contributed by atoms with Crippen LogP contribution in [0.4, 0.5) is 4.79 Å². The lowest BCUT2D eigenvalue weighted by Crippen LogP contribution is -2.54. The van der Waals surface area contributed by atoms with E-state index in [9.17, 15) is 14.4 Å². The maximum atomic E-state index is 11.9. The number of hydrogen-bond donors (Lipinski definition) is 3. The van der Waals surface area contributed by atoms with Gasteiger partial charge in [0.15, 0.2) is 0 Å². The van der Waals surface area contributed by atoms with Crippen LogP contribution in [0.1, 0.15) is 13.8 Å². The molecule has 2 aliphatic heterocycles. The lowest BCUT2D eigenvalue weighted by atomic mass is 10.0. The number of carbonyl (C=O) groups excluding carboxylic acids is 3. The summed E-state index contributed by atoms with van der Waals surface area (Å²) in [6.45, 7) is 3.56. The summed E-state index contributed by atoms with van der Waals surface area (Å²) in [6.07, 6.45) is 1.86. The minimum Gasteiger partial charge on any atom is -0.330 e. The van der Waals surface area contributed by atoms with Crippen LogP contribution < -0.4 is 16.2 Å². The van der Waals surface area contributed by atoms with E-state index < -0.39 is 11.9 Å². The molecule has 3 N–H and O–H groups in total.